The van der Waals surface area contributed by atoms with Gasteiger partial charge in [-0.2, -0.15) is 0 Å². The van der Waals surface area contributed by atoms with E-state index in [1.807, 2.05) is 34.6 Å². The largest absolute Gasteiger partial charge is 0.444 e. The Kier molecular flexibility index (Phi) is 5.23. The second kappa shape index (κ2) is 6.71. The quantitative estimate of drug-likeness (QED) is 0.868. The molecule has 1 unspecified atom stereocenters. The Morgan fingerprint density at radius 1 is 1.38 bits per heavy atom. The molecule has 0 aliphatic carbocycles. The number of aliphatic hydroxyl groups is 1. The molecule has 1 amide bonds. The zero-order chi connectivity index (χ0) is 18.1. The van der Waals surface area contributed by atoms with Gasteiger partial charge in [-0.05, 0) is 59.9 Å². The molecule has 134 valence electrons. The van der Waals surface area contributed by atoms with Crippen molar-refractivity contribution in [3.05, 3.63) is 35.6 Å². The van der Waals surface area contributed by atoms with E-state index in [1.165, 1.54) is 6.07 Å². The molecular weight excluding hydrogens is 309 g/mol. The Bertz CT molecular complexity index is 595. The smallest absolute Gasteiger partial charge is 0.411 e. The number of rotatable bonds is 2. The lowest BCUT2D eigenvalue weighted by atomic mass is 9.83. The van der Waals surface area contributed by atoms with E-state index < -0.39 is 35.2 Å². The Hall–Kier alpha value is -1.62. The van der Waals surface area contributed by atoms with Crippen LogP contribution in [0.5, 0.6) is 0 Å². The van der Waals surface area contributed by atoms with Crippen molar-refractivity contribution < 1.29 is 19.0 Å². The molecule has 0 aromatic heterocycles. The van der Waals surface area contributed by atoms with E-state index in [1.54, 1.807) is 23.1 Å². The van der Waals surface area contributed by atoms with Gasteiger partial charge in [0.1, 0.15) is 17.5 Å². The van der Waals surface area contributed by atoms with Crippen LogP contribution in [-0.4, -0.2) is 33.3 Å². The van der Waals surface area contributed by atoms with Crippen LogP contribution in [-0.2, 0) is 4.74 Å². The molecule has 24 heavy (non-hydrogen) atoms. The Morgan fingerprint density at radius 2 is 2.00 bits per heavy atom. The van der Waals surface area contributed by atoms with Crippen LogP contribution >= 0.6 is 0 Å². The highest BCUT2D eigenvalue weighted by atomic mass is 19.1. The molecule has 1 heterocycles. The number of carbonyl (C=O) groups is 1. The van der Waals surface area contributed by atoms with Crippen LogP contribution in [0.15, 0.2) is 24.3 Å². The molecule has 1 aromatic rings. The Balaban J connectivity index is 2.35. The summed E-state index contributed by atoms with van der Waals surface area (Å²) < 4.78 is 19.6. The maximum Gasteiger partial charge on any atom is 0.411 e. The van der Waals surface area contributed by atoms with Gasteiger partial charge in [0.05, 0.1) is 6.04 Å². The van der Waals surface area contributed by atoms with E-state index in [0.717, 1.165) is 12.8 Å². The predicted molar refractivity (Wildman–Crippen MR) is 91.2 cm³/mol. The first-order valence-electron chi connectivity index (χ1n) is 8.48. The standard InChI is InChI=1S/C19H28FNO3/c1-18(2,3)24-17(23)21-15(11-8-12-19(21,4)5)16(22)13-9-6-7-10-14(13)20/h6-7,9-10,15-16,22H,8,11-12H2,1-5H3/t15?,16-/m1/s1. The predicted octanol–water partition coefficient (Wildman–Crippen LogP) is 4.43. The Morgan fingerprint density at radius 3 is 2.58 bits per heavy atom. The fourth-order valence-electron chi connectivity index (χ4n) is 3.36. The molecule has 1 aromatic carbocycles. The number of likely N-dealkylation sites (tertiary alicyclic amines) is 1. The van der Waals surface area contributed by atoms with Crippen molar-refractivity contribution in [2.75, 3.05) is 0 Å². The van der Waals surface area contributed by atoms with Gasteiger partial charge in [-0.25, -0.2) is 9.18 Å². The highest BCUT2D eigenvalue weighted by molar-refractivity contribution is 5.70. The van der Waals surface area contributed by atoms with Gasteiger partial charge in [0, 0.05) is 11.1 Å². The van der Waals surface area contributed by atoms with Gasteiger partial charge in [-0.3, -0.25) is 4.90 Å². The lowest BCUT2D eigenvalue weighted by Crippen LogP contribution is -2.58. The summed E-state index contributed by atoms with van der Waals surface area (Å²) in [5.41, 5.74) is -0.871. The van der Waals surface area contributed by atoms with Crippen molar-refractivity contribution in [2.45, 2.75) is 77.2 Å². The molecular formula is C19H28FNO3. The van der Waals surface area contributed by atoms with E-state index in [2.05, 4.69) is 0 Å². The summed E-state index contributed by atoms with van der Waals surface area (Å²) in [6.45, 7) is 9.34. The van der Waals surface area contributed by atoms with E-state index >= 15 is 0 Å². The summed E-state index contributed by atoms with van der Waals surface area (Å²) in [6.07, 6.45) is 0.735. The number of benzene rings is 1. The van der Waals surface area contributed by atoms with Crippen molar-refractivity contribution in [3.8, 4) is 0 Å². The molecule has 1 aliphatic rings. The van der Waals surface area contributed by atoms with Crippen molar-refractivity contribution in [1.29, 1.82) is 0 Å². The fraction of sp³-hybridized carbons (Fsp3) is 0.632. The number of aliphatic hydroxyl groups excluding tert-OH is 1. The SMILES string of the molecule is CC(C)(C)OC(=O)N1C([C@H](O)c2ccccc2F)CCCC1(C)C. The van der Waals surface area contributed by atoms with Crippen LogP contribution in [0.4, 0.5) is 9.18 Å². The van der Waals surface area contributed by atoms with Crippen LogP contribution in [0.3, 0.4) is 0 Å². The van der Waals surface area contributed by atoms with Gasteiger partial charge >= 0.3 is 6.09 Å². The molecule has 4 nitrogen and oxygen atoms in total. The Labute approximate surface area is 143 Å². The van der Waals surface area contributed by atoms with Crippen LogP contribution in [0, 0.1) is 5.82 Å². The average molecular weight is 337 g/mol. The van der Waals surface area contributed by atoms with Crippen LogP contribution in [0.2, 0.25) is 0 Å². The molecule has 1 saturated heterocycles. The van der Waals surface area contributed by atoms with Gasteiger partial charge in [-0.15, -0.1) is 0 Å². The lowest BCUT2D eigenvalue weighted by molar-refractivity contribution is -0.0581. The summed E-state index contributed by atoms with van der Waals surface area (Å²) >= 11 is 0. The molecule has 5 heteroatoms. The van der Waals surface area contributed by atoms with Gasteiger partial charge in [0.15, 0.2) is 0 Å². The van der Waals surface area contributed by atoms with Gasteiger partial charge in [0.25, 0.3) is 0 Å². The minimum absolute atomic E-state index is 0.216. The third-order valence-corrected chi connectivity index (χ3v) is 4.45. The molecule has 0 radical (unpaired) electrons. The summed E-state index contributed by atoms with van der Waals surface area (Å²) in [5.74, 6) is -0.461. The maximum absolute atomic E-state index is 14.1. The van der Waals surface area contributed by atoms with Crippen molar-refractivity contribution in [3.63, 3.8) is 0 Å². The zero-order valence-corrected chi connectivity index (χ0v) is 15.2. The van der Waals surface area contributed by atoms with E-state index in [9.17, 15) is 14.3 Å². The monoisotopic (exact) mass is 337 g/mol. The van der Waals surface area contributed by atoms with Crippen LogP contribution < -0.4 is 0 Å². The first-order valence-corrected chi connectivity index (χ1v) is 8.48. The number of amides is 1. The second-order valence-corrected chi connectivity index (χ2v) is 8.09. The number of ether oxygens (including phenoxy) is 1. The molecule has 0 saturated carbocycles. The van der Waals surface area contributed by atoms with Crippen LogP contribution in [0.1, 0.15) is 65.5 Å². The first-order chi connectivity index (χ1) is 11.0. The summed E-state index contributed by atoms with van der Waals surface area (Å²) in [7, 11) is 0. The third kappa shape index (κ3) is 4.07. The topological polar surface area (TPSA) is 49.8 Å². The van der Waals surface area contributed by atoms with Crippen LogP contribution in [0.25, 0.3) is 0 Å². The zero-order valence-electron chi connectivity index (χ0n) is 15.2. The second-order valence-electron chi connectivity index (χ2n) is 8.09. The lowest BCUT2D eigenvalue weighted by Gasteiger charge is -2.49. The highest BCUT2D eigenvalue weighted by Crippen LogP contribution is 2.38. The van der Waals surface area contributed by atoms with E-state index in [-0.39, 0.29) is 5.56 Å². The number of nitrogens with zero attached hydrogens (tertiary/aromatic N) is 1. The number of carbonyl (C=O) groups excluding carboxylic acids is 1. The van der Waals surface area contributed by atoms with Crippen molar-refractivity contribution in [2.24, 2.45) is 0 Å². The number of halogens is 1. The summed E-state index contributed by atoms with van der Waals surface area (Å²) in [4.78, 5) is 14.4. The molecule has 2 atom stereocenters. The molecule has 0 spiro atoms. The van der Waals surface area contributed by atoms with E-state index in [0.29, 0.717) is 6.42 Å². The molecule has 1 N–H and O–H groups in total. The van der Waals surface area contributed by atoms with Crippen molar-refractivity contribution in [1.82, 2.24) is 4.90 Å². The van der Waals surface area contributed by atoms with Gasteiger partial charge < -0.3 is 9.84 Å². The van der Waals surface area contributed by atoms with Gasteiger partial charge in [0.2, 0.25) is 0 Å². The summed E-state index contributed by atoms with van der Waals surface area (Å²) in [6, 6.07) is 5.65. The molecule has 1 fully saturated rings. The van der Waals surface area contributed by atoms with Gasteiger partial charge in [-0.1, -0.05) is 18.2 Å². The molecule has 0 bridgehead atoms. The molecule has 2 rings (SSSR count). The average Bonchev–Trinajstić information content (AvgIpc) is 2.43. The first kappa shape index (κ1) is 18.7. The third-order valence-electron chi connectivity index (χ3n) is 4.45. The normalized spacial score (nSPS) is 22.1. The highest BCUT2D eigenvalue weighted by Gasteiger charge is 2.45. The van der Waals surface area contributed by atoms with E-state index in [4.69, 9.17) is 4.74 Å². The number of hydrogen-bond donors (Lipinski definition) is 1. The maximum atomic E-state index is 14.1. The number of hydrogen-bond acceptors (Lipinski definition) is 3. The minimum Gasteiger partial charge on any atom is -0.444 e. The number of piperidine rings is 1. The summed E-state index contributed by atoms with van der Waals surface area (Å²) in [5, 5.41) is 10.8. The van der Waals surface area contributed by atoms with Crippen molar-refractivity contribution >= 4 is 6.09 Å². The minimum atomic E-state index is -1.08. The molecule has 1 aliphatic heterocycles. The fourth-order valence-corrected chi connectivity index (χ4v) is 3.36.